The summed E-state index contributed by atoms with van der Waals surface area (Å²) < 4.78 is 0. The number of anilines is 1. The summed E-state index contributed by atoms with van der Waals surface area (Å²) >= 11 is 0. The van der Waals surface area contributed by atoms with Crippen LogP contribution in [0.1, 0.15) is 24.0 Å². The number of H-pyrrole nitrogens is 2. The molecular formula is C15H18N4O3. The Bertz CT molecular complexity index is 818. The van der Waals surface area contributed by atoms with Gasteiger partial charge in [-0.15, -0.1) is 0 Å². The molecule has 0 saturated carbocycles. The first kappa shape index (κ1) is 14.4. The second kappa shape index (κ2) is 5.32. The van der Waals surface area contributed by atoms with Crippen LogP contribution in [0.2, 0.25) is 0 Å². The van der Waals surface area contributed by atoms with E-state index in [0.29, 0.717) is 29.7 Å². The number of amides is 2. The van der Waals surface area contributed by atoms with E-state index in [1.54, 1.807) is 4.90 Å². The normalized spacial score (nSPS) is 14.8. The topological polar surface area (TPSA) is 98.1 Å². The van der Waals surface area contributed by atoms with Gasteiger partial charge in [0.1, 0.15) is 0 Å². The van der Waals surface area contributed by atoms with E-state index >= 15 is 0 Å². The number of nitrogens with one attached hydrogen (secondary N) is 3. The number of hydrogen-bond acceptors (Lipinski definition) is 3. The molecule has 1 aliphatic heterocycles. The van der Waals surface area contributed by atoms with E-state index in [9.17, 15) is 14.4 Å². The lowest BCUT2D eigenvalue weighted by molar-refractivity contribution is -0.131. The van der Waals surface area contributed by atoms with Crippen molar-refractivity contribution in [1.29, 1.82) is 0 Å². The lowest BCUT2D eigenvalue weighted by atomic mass is 10.1. The highest BCUT2D eigenvalue weighted by Crippen LogP contribution is 2.27. The number of likely N-dealkylation sites (tertiary alicyclic amines) is 1. The first-order valence-corrected chi connectivity index (χ1v) is 7.25. The number of nitrogens with zero attached hydrogens (tertiary/aromatic N) is 1. The number of aromatic amines is 2. The zero-order chi connectivity index (χ0) is 15.9. The average molecular weight is 302 g/mol. The molecule has 0 spiro atoms. The van der Waals surface area contributed by atoms with Gasteiger partial charge in [-0.1, -0.05) is 0 Å². The fourth-order valence-corrected chi connectivity index (χ4v) is 2.79. The first-order valence-electron chi connectivity index (χ1n) is 7.25. The minimum absolute atomic E-state index is 0.0105. The van der Waals surface area contributed by atoms with Gasteiger partial charge in [0.25, 0.3) is 0 Å². The zero-order valence-electron chi connectivity index (χ0n) is 12.6. The predicted octanol–water partition coefficient (Wildman–Crippen LogP) is 1.03. The largest absolute Gasteiger partial charge is 0.333 e. The van der Waals surface area contributed by atoms with Crippen molar-refractivity contribution in [3.63, 3.8) is 0 Å². The lowest BCUT2D eigenvalue weighted by Crippen LogP contribution is -2.34. The fraction of sp³-hybridized carbons (Fsp3) is 0.400. The van der Waals surface area contributed by atoms with E-state index in [0.717, 1.165) is 17.5 Å². The minimum atomic E-state index is -0.315. The Hall–Kier alpha value is -2.57. The molecule has 0 bridgehead atoms. The Morgan fingerprint density at radius 3 is 2.77 bits per heavy atom. The van der Waals surface area contributed by atoms with E-state index in [1.807, 2.05) is 19.9 Å². The maximum absolute atomic E-state index is 12.2. The molecule has 1 fully saturated rings. The van der Waals surface area contributed by atoms with Gasteiger partial charge in [0.15, 0.2) is 0 Å². The van der Waals surface area contributed by atoms with Crippen LogP contribution < -0.4 is 11.0 Å². The molecule has 0 unspecified atom stereocenters. The van der Waals surface area contributed by atoms with E-state index in [4.69, 9.17) is 0 Å². The number of carbonyl (C=O) groups excluding carboxylic acids is 2. The Balaban J connectivity index is 1.89. The van der Waals surface area contributed by atoms with Crippen molar-refractivity contribution in [3.8, 4) is 0 Å². The fourth-order valence-electron chi connectivity index (χ4n) is 2.79. The van der Waals surface area contributed by atoms with Gasteiger partial charge in [0, 0.05) is 13.0 Å². The lowest BCUT2D eigenvalue weighted by Gasteiger charge is -2.16. The summed E-state index contributed by atoms with van der Waals surface area (Å²) in [5.74, 6) is -0.247. The van der Waals surface area contributed by atoms with Crippen LogP contribution in [-0.4, -0.2) is 39.8 Å². The van der Waals surface area contributed by atoms with Crippen LogP contribution in [0.15, 0.2) is 10.9 Å². The maximum atomic E-state index is 12.2. The highest BCUT2D eigenvalue weighted by molar-refractivity contribution is 6.02. The SMILES string of the molecule is Cc1cc2[nH]c(=O)[nH]c2c(NC(=O)CN2CCCC2=O)c1C. The van der Waals surface area contributed by atoms with Crippen LogP contribution in [0.3, 0.4) is 0 Å². The monoisotopic (exact) mass is 302 g/mol. The van der Waals surface area contributed by atoms with E-state index < -0.39 is 0 Å². The molecule has 0 atom stereocenters. The van der Waals surface area contributed by atoms with Gasteiger partial charge in [-0.2, -0.15) is 0 Å². The quantitative estimate of drug-likeness (QED) is 0.790. The van der Waals surface area contributed by atoms with Crippen LogP contribution in [-0.2, 0) is 9.59 Å². The number of aryl methyl sites for hydroxylation is 1. The van der Waals surface area contributed by atoms with Crippen molar-refractivity contribution in [2.24, 2.45) is 0 Å². The summed E-state index contributed by atoms with van der Waals surface area (Å²) in [7, 11) is 0. The van der Waals surface area contributed by atoms with Crippen LogP contribution in [0.4, 0.5) is 5.69 Å². The van der Waals surface area contributed by atoms with Crippen LogP contribution in [0, 0.1) is 13.8 Å². The molecule has 3 N–H and O–H groups in total. The molecule has 2 aromatic rings. The summed E-state index contributed by atoms with van der Waals surface area (Å²) in [4.78, 5) is 42.3. The second-order valence-corrected chi connectivity index (χ2v) is 5.66. The van der Waals surface area contributed by atoms with Crippen molar-refractivity contribution in [3.05, 3.63) is 27.7 Å². The number of benzene rings is 1. The Morgan fingerprint density at radius 2 is 2.09 bits per heavy atom. The summed E-state index contributed by atoms with van der Waals surface area (Å²) in [5, 5.41) is 2.83. The highest BCUT2D eigenvalue weighted by Gasteiger charge is 2.23. The molecule has 0 aliphatic carbocycles. The van der Waals surface area contributed by atoms with Crippen LogP contribution in [0.25, 0.3) is 11.0 Å². The number of carbonyl (C=O) groups is 2. The molecule has 0 radical (unpaired) electrons. The summed E-state index contributed by atoms with van der Waals surface area (Å²) in [6, 6.07) is 1.86. The van der Waals surface area contributed by atoms with Crippen LogP contribution >= 0.6 is 0 Å². The molecule has 7 nitrogen and oxygen atoms in total. The van der Waals surface area contributed by atoms with Crippen molar-refractivity contribution < 1.29 is 9.59 Å². The van der Waals surface area contributed by atoms with Gasteiger partial charge in [0.2, 0.25) is 11.8 Å². The Kier molecular flexibility index (Phi) is 3.48. The molecule has 22 heavy (non-hydrogen) atoms. The maximum Gasteiger partial charge on any atom is 0.323 e. The average Bonchev–Trinajstić information content (AvgIpc) is 3.01. The molecule has 2 heterocycles. The number of imidazole rings is 1. The van der Waals surface area contributed by atoms with Crippen molar-refractivity contribution in [2.45, 2.75) is 26.7 Å². The first-order chi connectivity index (χ1) is 10.5. The van der Waals surface area contributed by atoms with E-state index in [2.05, 4.69) is 15.3 Å². The standard InChI is InChI=1S/C15H18N4O3/c1-8-6-10-14(18-15(22)16-10)13(9(8)2)17-11(20)7-19-5-3-4-12(19)21/h6H,3-5,7H2,1-2H3,(H,17,20)(H2,16,18,22). The van der Waals surface area contributed by atoms with Gasteiger partial charge in [-0.25, -0.2) is 4.79 Å². The molecule has 1 aliphatic rings. The van der Waals surface area contributed by atoms with Gasteiger partial charge >= 0.3 is 5.69 Å². The minimum Gasteiger partial charge on any atom is -0.333 e. The third kappa shape index (κ3) is 2.49. The molecule has 1 aromatic carbocycles. The smallest absolute Gasteiger partial charge is 0.323 e. The zero-order valence-corrected chi connectivity index (χ0v) is 12.6. The third-order valence-corrected chi connectivity index (χ3v) is 4.10. The summed E-state index contributed by atoms with van der Waals surface area (Å²) in [5.41, 5.74) is 3.37. The van der Waals surface area contributed by atoms with Gasteiger partial charge in [-0.05, 0) is 37.5 Å². The van der Waals surface area contributed by atoms with Crippen LogP contribution in [0.5, 0.6) is 0 Å². The Morgan fingerprint density at radius 1 is 1.32 bits per heavy atom. The number of hydrogen-bond donors (Lipinski definition) is 3. The molecule has 116 valence electrons. The predicted molar refractivity (Wildman–Crippen MR) is 82.8 cm³/mol. The number of fused-ring (bicyclic) bond motifs is 1. The third-order valence-electron chi connectivity index (χ3n) is 4.10. The second-order valence-electron chi connectivity index (χ2n) is 5.66. The molecule has 7 heteroatoms. The molecule has 2 amide bonds. The van der Waals surface area contributed by atoms with Crippen molar-refractivity contribution in [1.82, 2.24) is 14.9 Å². The number of aromatic nitrogens is 2. The Labute approximate surface area is 126 Å². The molecule has 1 saturated heterocycles. The summed E-state index contributed by atoms with van der Waals surface area (Å²) in [6.45, 7) is 4.47. The number of rotatable bonds is 3. The molecule has 1 aromatic heterocycles. The van der Waals surface area contributed by atoms with Gasteiger partial charge in [-0.3, -0.25) is 9.59 Å². The molecule has 3 rings (SSSR count). The van der Waals surface area contributed by atoms with Crippen molar-refractivity contribution in [2.75, 3.05) is 18.4 Å². The van der Waals surface area contributed by atoms with E-state index in [-0.39, 0.29) is 24.0 Å². The van der Waals surface area contributed by atoms with Crippen molar-refractivity contribution >= 4 is 28.5 Å². The summed E-state index contributed by atoms with van der Waals surface area (Å²) in [6.07, 6.45) is 1.30. The van der Waals surface area contributed by atoms with E-state index in [1.165, 1.54) is 0 Å². The highest BCUT2D eigenvalue weighted by atomic mass is 16.2. The molecular weight excluding hydrogens is 284 g/mol. The van der Waals surface area contributed by atoms with Gasteiger partial charge < -0.3 is 20.2 Å². The van der Waals surface area contributed by atoms with Gasteiger partial charge in [0.05, 0.1) is 23.3 Å².